The van der Waals surface area contributed by atoms with Crippen molar-refractivity contribution < 1.29 is 4.79 Å². The molecule has 0 aromatic heterocycles. The predicted molar refractivity (Wildman–Crippen MR) is 66.2 cm³/mol. The Balaban J connectivity index is 2.19. The summed E-state index contributed by atoms with van der Waals surface area (Å²) < 4.78 is 0. The number of carbonyl (C=O) groups is 1. The number of amides is 1. The van der Waals surface area contributed by atoms with Crippen LogP contribution in [0.2, 0.25) is 0 Å². The van der Waals surface area contributed by atoms with Gasteiger partial charge in [-0.25, -0.2) is 0 Å². The van der Waals surface area contributed by atoms with E-state index in [9.17, 15) is 4.79 Å². The Morgan fingerprint density at radius 3 is 2.62 bits per heavy atom. The number of nitrogens with one attached hydrogen (secondary N) is 1. The molecule has 3 N–H and O–H groups in total. The van der Waals surface area contributed by atoms with Crippen molar-refractivity contribution >= 4 is 5.91 Å². The van der Waals surface area contributed by atoms with Crippen LogP contribution < -0.4 is 11.1 Å². The van der Waals surface area contributed by atoms with E-state index in [1.807, 2.05) is 6.92 Å². The quantitative estimate of drug-likeness (QED) is 0.703. The Morgan fingerprint density at radius 2 is 2.12 bits per heavy atom. The Bertz CT molecular complexity index is 236. The number of nitrogens with two attached hydrogens (primary N) is 1. The van der Waals surface area contributed by atoms with Gasteiger partial charge < -0.3 is 11.1 Å². The van der Waals surface area contributed by atoms with Crippen LogP contribution in [0.5, 0.6) is 0 Å². The molecule has 4 nitrogen and oxygen atoms in total. The fraction of sp³-hybridized carbons (Fsp3) is 0.917. The second kappa shape index (κ2) is 5.64. The first-order chi connectivity index (χ1) is 7.49. The highest BCUT2D eigenvalue weighted by atomic mass is 16.2. The predicted octanol–water partition coefficient (Wildman–Crippen LogP) is 0.714. The summed E-state index contributed by atoms with van der Waals surface area (Å²) >= 11 is 0. The molecule has 1 rings (SSSR count). The molecule has 1 unspecified atom stereocenters. The smallest absolute Gasteiger partial charge is 0.234 e. The zero-order chi connectivity index (χ0) is 12.2. The molecule has 0 bridgehead atoms. The van der Waals surface area contributed by atoms with Crippen LogP contribution in [0.1, 0.15) is 40.0 Å². The van der Waals surface area contributed by atoms with Crippen LogP contribution in [0.15, 0.2) is 0 Å². The molecule has 1 aliphatic heterocycles. The van der Waals surface area contributed by atoms with Crippen molar-refractivity contribution in [3.8, 4) is 0 Å². The molecule has 1 heterocycles. The molecule has 0 aromatic rings. The molecule has 0 aliphatic carbocycles. The van der Waals surface area contributed by atoms with Gasteiger partial charge in [-0.15, -0.1) is 0 Å². The van der Waals surface area contributed by atoms with Crippen molar-refractivity contribution in [3.63, 3.8) is 0 Å². The standard InChI is InChI=1S/C12H25N3O/c1-4-6-12(13)8-15(9-12)7-11(16)14-10(3)5-2/h10H,4-9,13H2,1-3H3,(H,14,16). The van der Waals surface area contributed by atoms with Crippen molar-refractivity contribution in [3.05, 3.63) is 0 Å². The van der Waals surface area contributed by atoms with E-state index >= 15 is 0 Å². The van der Waals surface area contributed by atoms with Crippen LogP contribution in [0.3, 0.4) is 0 Å². The van der Waals surface area contributed by atoms with Crippen molar-refractivity contribution in [1.29, 1.82) is 0 Å². The van der Waals surface area contributed by atoms with E-state index in [4.69, 9.17) is 5.73 Å². The third kappa shape index (κ3) is 3.76. The van der Waals surface area contributed by atoms with Crippen LogP contribution in [0.4, 0.5) is 0 Å². The van der Waals surface area contributed by atoms with Gasteiger partial charge in [0.1, 0.15) is 0 Å². The zero-order valence-corrected chi connectivity index (χ0v) is 10.8. The van der Waals surface area contributed by atoms with E-state index in [0.717, 1.165) is 32.4 Å². The first-order valence-corrected chi connectivity index (χ1v) is 6.29. The molecule has 0 saturated carbocycles. The molecule has 0 aromatic carbocycles. The van der Waals surface area contributed by atoms with Crippen LogP contribution >= 0.6 is 0 Å². The molecular weight excluding hydrogens is 202 g/mol. The Labute approximate surface area is 98.6 Å². The van der Waals surface area contributed by atoms with Gasteiger partial charge in [0.25, 0.3) is 0 Å². The number of hydrogen-bond acceptors (Lipinski definition) is 3. The molecule has 1 aliphatic rings. The molecule has 1 saturated heterocycles. The maximum absolute atomic E-state index is 11.6. The first-order valence-electron chi connectivity index (χ1n) is 6.29. The topological polar surface area (TPSA) is 58.4 Å². The van der Waals surface area contributed by atoms with Gasteiger partial charge in [-0.3, -0.25) is 9.69 Å². The second-order valence-corrected chi connectivity index (χ2v) is 5.13. The largest absolute Gasteiger partial charge is 0.353 e. The third-order valence-electron chi connectivity index (χ3n) is 3.21. The lowest BCUT2D eigenvalue weighted by atomic mass is 9.86. The van der Waals surface area contributed by atoms with E-state index in [1.54, 1.807) is 0 Å². The van der Waals surface area contributed by atoms with Gasteiger partial charge in [0.05, 0.1) is 6.54 Å². The molecular formula is C12H25N3O. The number of rotatable bonds is 6. The Morgan fingerprint density at radius 1 is 1.50 bits per heavy atom. The Hall–Kier alpha value is -0.610. The highest BCUT2D eigenvalue weighted by Crippen LogP contribution is 2.22. The van der Waals surface area contributed by atoms with Gasteiger partial charge in [0.2, 0.25) is 5.91 Å². The summed E-state index contributed by atoms with van der Waals surface area (Å²) in [6.07, 6.45) is 3.14. The van der Waals surface area contributed by atoms with Crippen LogP contribution in [-0.2, 0) is 4.79 Å². The fourth-order valence-electron chi connectivity index (χ4n) is 2.24. The lowest BCUT2D eigenvalue weighted by molar-refractivity contribution is -0.124. The fourth-order valence-corrected chi connectivity index (χ4v) is 2.24. The summed E-state index contributed by atoms with van der Waals surface area (Å²) in [5.41, 5.74) is 6.10. The van der Waals surface area contributed by atoms with Gasteiger partial charge in [0.15, 0.2) is 0 Å². The van der Waals surface area contributed by atoms with E-state index in [2.05, 4.69) is 24.1 Å². The molecule has 1 atom stereocenters. The van der Waals surface area contributed by atoms with Gasteiger partial charge in [-0.1, -0.05) is 20.3 Å². The lowest BCUT2D eigenvalue weighted by Crippen LogP contribution is -2.68. The van der Waals surface area contributed by atoms with Crippen LogP contribution in [0.25, 0.3) is 0 Å². The van der Waals surface area contributed by atoms with Crippen molar-refractivity contribution in [2.75, 3.05) is 19.6 Å². The molecule has 0 spiro atoms. The maximum Gasteiger partial charge on any atom is 0.234 e. The normalized spacial score (nSPS) is 21.2. The summed E-state index contributed by atoms with van der Waals surface area (Å²) in [7, 11) is 0. The molecule has 1 fully saturated rings. The second-order valence-electron chi connectivity index (χ2n) is 5.13. The molecule has 4 heteroatoms. The van der Waals surface area contributed by atoms with Gasteiger partial charge in [0, 0.05) is 24.7 Å². The number of hydrogen-bond donors (Lipinski definition) is 2. The number of nitrogens with zero attached hydrogens (tertiary/aromatic N) is 1. The van der Waals surface area contributed by atoms with E-state index in [-0.39, 0.29) is 17.5 Å². The monoisotopic (exact) mass is 227 g/mol. The zero-order valence-electron chi connectivity index (χ0n) is 10.8. The summed E-state index contributed by atoms with van der Waals surface area (Å²) in [6.45, 7) is 8.45. The lowest BCUT2D eigenvalue weighted by Gasteiger charge is -2.47. The molecule has 16 heavy (non-hydrogen) atoms. The minimum absolute atomic E-state index is 0.0363. The highest BCUT2D eigenvalue weighted by molar-refractivity contribution is 5.78. The average molecular weight is 227 g/mol. The van der Waals surface area contributed by atoms with Crippen LogP contribution in [-0.4, -0.2) is 42.0 Å². The maximum atomic E-state index is 11.6. The SMILES string of the molecule is CCCC1(N)CN(CC(=O)NC(C)CC)C1. The summed E-state index contributed by atoms with van der Waals surface area (Å²) in [5.74, 6) is 0.118. The Kier molecular flexibility index (Phi) is 4.74. The van der Waals surface area contributed by atoms with Gasteiger partial charge in [-0.05, 0) is 19.8 Å². The summed E-state index contributed by atoms with van der Waals surface area (Å²) in [6, 6.07) is 0.270. The van der Waals surface area contributed by atoms with Crippen LogP contribution in [0, 0.1) is 0 Å². The minimum atomic E-state index is -0.0363. The molecule has 94 valence electrons. The molecule has 0 radical (unpaired) electrons. The number of carbonyl (C=O) groups excluding carboxylic acids is 1. The average Bonchev–Trinajstić information content (AvgIpc) is 2.15. The summed E-state index contributed by atoms with van der Waals surface area (Å²) in [5, 5.41) is 2.97. The van der Waals surface area contributed by atoms with Crippen molar-refractivity contribution in [2.45, 2.75) is 51.6 Å². The van der Waals surface area contributed by atoms with E-state index in [1.165, 1.54) is 0 Å². The molecule has 1 amide bonds. The van der Waals surface area contributed by atoms with E-state index < -0.39 is 0 Å². The van der Waals surface area contributed by atoms with E-state index in [0.29, 0.717) is 6.54 Å². The minimum Gasteiger partial charge on any atom is -0.353 e. The van der Waals surface area contributed by atoms with Gasteiger partial charge >= 0.3 is 0 Å². The third-order valence-corrected chi connectivity index (χ3v) is 3.21. The first kappa shape index (κ1) is 13.5. The number of likely N-dealkylation sites (tertiary alicyclic amines) is 1. The highest BCUT2D eigenvalue weighted by Gasteiger charge is 2.38. The van der Waals surface area contributed by atoms with Crippen molar-refractivity contribution in [2.24, 2.45) is 5.73 Å². The summed E-state index contributed by atoms with van der Waals surface area (Å²) in [4.78, 5) is 13.7. The van der Waals surface area contributed by atoms with Gasteiger partial charge in [-0.2, -0.15) is 0 Å². The van der Waals surface area contributed by atoms with Crippen molar-refractivity contribution in [1.82, 2.24) is 10.2 Å².